The van der Waals surface area contributed by atoms with E-state index in [0.717, 1.165) is 22.2 Å². The van der Waals surface area contributed by atoms with Gasteiger partial charge in [0.05, 0.1) is 17.2 Å². The number of aliphatic hydroxyl groups excluding tert-OH is 1. The van der Waals surface area contributed by atoms with Gasteiger partial charge in [-0.15, -0.1) is 0 Å². The van der Waals surface area contributed by atoms with Crippen molar-refractivity contribution >= 4 is 16.5 Å². The molecule has 2 heterocycles. The fraction of sp³-hybridized carbons (Fsp3) is 0.812. The van der Waals surface area contributed by atoms with Crippen LogP contribution in [0, 0.1) is 11.8 Å². The van der Waals surface area contributed by atoms with Crippen LogP contribution in [-0.4, -0.2) is 22.7 Å². The maximum atomic E-state index is 9.62. The third kappa shape index (κ3) is 3.01. The highest BCUT2D eigenvalue weighted by molar-refractivity contribution is 7.15. The molecule has 3 unspecified atom stereocenters. The van der Waals surface area contributed by atoms with E-state index < -0.39 is 0 Å². The number of nitrogens with zero attached hydrogens (tertiary/aromatic N) is 2. The molecule has 0 bridgehead atoms. The van der Waals surface area contributed by atoms with E-state index in [1.54, 1.807) is 11.3 Å². The Morgan fingerprint density at radius 2 is 1.95 bits per heavy atom. The summed E-state index contributed by atoms with van der Waals surface area (Å²) in [5.41, 5.74) is 1.04. The molecule has 0 aromatic carbocycles. The lowest BCUT2D eigenvalue weighted by atomic mass is 9.86. The van der Waals surface area contributed by atoms with E-state index in [1.165, 1.54) is 6.42 Å². The minimum Gasteiger partial charge on any atom is -0.391 e. The summed E-state index contributed by atoms with van der Waals surface area (Å²) in [4.78, 5) is 8.34. The van der Waals surface area contributed by atoms with Crippen LogP contribution in [0.1, 0.15) is 58.5 Å². The molecule has 1 N–H and O–H groups in total. The maximum absolute atomic E-state index is 9.62. The van der Waals surface area contributed by atoms with Crippen LogP contribution < -0.4 is 4.90 Å². The van der Waals surface area contributed by atoms with Crippen molar-refractivity contribution in [3.8, 4) is 0 Å². The summed E-state index contributed by atoms with van der Waals surface area (Å²) < 4.78 is 0. The molecule has 1 saturated heterocycles. The van der Waals surface area contributed by atoms with Crippen LogP contribution in [0.5, 0.6) is 0 Å². The van der Waals surface area contributed by atoms with Crippen LogP contribution in [0.25, 0.3) is 0 Å². The number of hydrogen-bond acceptors (Lipinski definition) is 4. The summed E-state index contributed by atoms with van der Waals surface area (Å²) >= 11 is 1.67. The first kappa shape index (κ1) is 15.8. The zero-order valence-corrected chi connectivity index (χ0v) is 14.4. The summed E-state index contributed by atoms with van der Waals surface area (Å²) in [6.07, 6.45) is 1.29. The Balaban J connectivity index is 2.35. The van der Waals surface area contributed by atoms with Gasteiger partial charge in [-0.25, -0.2) is 4.98 Å². The Labute approximate surface area is 127 Å². The number of rotatable bonds is 2. The molecule has 1 aromatic rings. The number of aromatic nitrogens is 1. The molecule has 0 spiro atoms. The first-order valence-corrected chi connectivity index (χ1v) is 8.43. The quantitative estimate of drug-likeness (QED) is 0.901. The second-order valence-electron chi connectivity index (χ2n) is 7.39. The Kier molecular flexibility index (Phi) is 4.45. The van der Waals surface area contributed by atoms with E-state index in [9.17, 15) is 5.11 Å². The molecule has 1 fully saturated rings. The summed E-state index contributed by atoms with van der Waals surface area (Å²) in [5, 5.41) is 10.7. The monoisotopic (exact) mass is 296 g/mol. The molecule has 0 amide bonds. The first-order valence-electron chi connectivity index (χ1n) is 7.61. The van der Waals surface area contributed by atoms with Crippen molar-refractivity contribution in [1.29, 1.82) is 0 Å². The van der Waals surface area contributed by atoms with Crippen LogP contribution in [0.2, 0.25) is 0 Å². The smallest absolute Gasteiger partial charge is 0.186 e. The second-order valence-corrected chi connectivity index (χ2v) is 8.45. The van der Waals surface area contributed by atoms with Crippen molar-refractivity contribution in [3.05, 3.63) is 10.6 Å². The molecule has 4 heteroatoms. The molecule has 114 valence electrons. The molecule has 0 aliphatic carbocycles. The molecular formula is C16H28N2OS. The lowest BCUT2D eigenvalue weighted by molar-refractivity contribution is 0.282. The van der Waals surface area contributed by atoms with Gasteiger partial charge in [-0.2, -0.15) is 0 Å². The van der Waals surface area contributed by atoms with Crippen molar-refractivity contribution in [2.75, 3.05) is 11.4 Å². The SMILES string of the molecule is CC1CC(C)C(C)N(c2nc(C(C)(C)C)c(CO)s2)C1. The van der Waals surface area contributed by atoms with E-state index in [-0.39, 0.29) is 12.0 Å². The number of anilines is 1. The molecule has 3 nitrogen and oxygen atoms in total. The number of piperidine rings is 1. The Morgan fingerprint density at radius 1 is 1.30 bits per heavy atom. The predicted molar refractivity (Wildman–Crippen MR) is 86.5 cm³/mol. The largest absolute Gasteiger partial charge is 0.391 e. The van der Waals surface area contributed by atoms with Gasteiger partial charge in [-0.3, -0.25) is 0 Å². The highest BCUT2D eigenvalue weighted by Crippen LogP contribution is 2.38. The van der Waals surface area contributed by atoms with E-state index in [0.29, 0.717) is 17.9 Å². The zero-order valence-electron chi connectivity index (χ0n) is 13.6. The van der Waals surface area contributed by atoms with Gasteiger partial charge in [-0.05, 0) is 25.2 Å². The fourth-order valence-electron chi connectivity index (χ4n) is 3.12. The molecule has 0 saturated carbocycles. The van der Waals surface area contributed by atoms with E-state index in [4.69, 9.17) is 4.98 Å². The average molecular weight is 296 g/mol. The van der Waals surface area contributed by atoms with Crippen LogP contribution in [0.15, 0.2) is 0 Å². The Morgan fingerprint density at radius 3 is 2.45 bits per heavy atom. The normalized spacial score (nSPS) is 27.9. The van der Waals surface area contributed by atoms with Gasteiger partial charge in [0.1, 0.15) is 0 Å². The average Bonchev–Trinajstić information content (AvgIpc) is 2.77. The van der Waals surface area contributed by atoms with Crippen LogP contribution in [0.4, 0.5) is 5.13 Å². The number of aliphatic hydroxyl groups is 1. The summed E-state index contributed by atoms with van der Waals surface area (Å²) in [6, 6.07) is 0.525. The van der Waals surface area contributed by atoms with Crippen LogP contribution >= 0.6 is 11.3 Å². The standard InChI is InChI=1S/C16H28N2OS/c1-10-7-11(2)12(3)18(8-10)15-17-14(16(4,5)6)13(9-19)20-15/h10-12,19H,7-9H2,1-6H3. The van der Waals surface area contributed by atoms with Crippen molar-refractivity contribution < 1.29 is 5.11 Å². The van der Waals surface area contributed by atoms with Gasteiger partial charge >= 0.3 is 0 Å². The third-order valence-corrected chi connectivity index (χ3v) is 5.46. The third-order valence-electron chi connectivity index (χ3n) is 4.38. The van der Waals surface area contributed by atoms with Crippen LogP contribution in [0.3, 0.4) is 0 Å². The van der Waals surface area contributed by atoms with E-state index >= 15 is 0 Å². The van der Waals surface area contributed by atoms with Crippen molar-refractivity contribution in [2.24, 2.45) is 11.8 Å². The maximum Gasteiger partial charge on any atom is 0.186 e. The van der Waals surface area contributed by atoms with Gasteiger partial charge in [0.2, 0.25) is 0 Å². The van der Waals surface area contributed by atoms with Crippen molar-refractivity contribution in [2.45, 2.75) is 66.0 Å². The van der Waals surface area contributed by atoms with Crippen molar-refractivity contribution in [3.63, 3.8) is 0 Å². The van der Waals surface area contributed by atoms with E-state index in [1.807, 2.05) is 0 Å². The van der Waals surface area contributed by atoms with Gasteiger partial charge in [0.15, 0.2) is 5.13 Å². The number of thiazole rings is 1. The van der Waals surface area contributed by atoms with Gasteiger partial charge in [0.25, 0.3) is 0 Å². The summed E-state index contributed by atoms with van der Waals surface area (Å²) in [5.74, 6) is 1.40. The highest BCUT2D eigenvalue weighted by Gasteiger charge is 2.32. The molecule has 1 aromatic heterocycles. The predicted octanol–water partition coefficient (Wildman–Crippen LogP) is 3.80. The molecule has 2 rings (SSSR count). The zero-order chi connectivity index (χ0) is 15.1. The fourth-order valence-corrected chi connectivity index (χ4v) is 4.35. The first-order chi connectivity index (χ1) is 9.24. The molecular weight excluding hydrogens is 268 g/mol. The summed E-state index contributed by atoms with van der Waals surface area (Å²) in [7, 11) is 0. The van der Waals surface area contributed by atoms with Crippen LogP contribution in [-0.2, 0) is 12.0 Å². The number of hydrogen-bond donors (Lipinski definition) is 1. The van der Waals surface area contributed by atoms with Crippen molar-refractivity contribution in [1.82, 2.24) is 4.98 Å². The molecule has 0 radical (unpaired) electrons. The lowest BCUT2D eigenvalue weighted by Gasteiger charge is -2.41. The molecule has 3 atom stereocenters. The highest BCUT2D eigenvalue weighted by atomic mass is 32.1. The molecule has 1 aliphatic heterocycles. The summed E-state index contributed by atoms with van der Waals surface area (Å²) in [6.45, 7) is 14.6. The second kappa shape index (κ2) is 5.64. The molecule has 20 heavy (non-hydrogen) atoms. The van der Waals surface area contributed by atoms with Gasteiger partial charge < -0.3 is 10.0 Å². The Hall–Kier alpha value is -0.610. The topological polar surface area (TPSA) is 36.4 Å². The minimum absolute atomic E-state index is 0.0108. The Bertz CT molecular complexity index is 464. The van der Waals surface area contributed by atoms with Gasteiger partial charge in [-0.1, -0.05) is 46.0 Å². The minimum atomic E-state index is -0.0108. The molecule has 1 aliphatic rings. The van der Waals surface area contributed by atoms with E-state index in [2.05, 4.69) is 46.4 Å². The lowest BCUT2D eigenvalue weighted by Crippen LogP contribution is -2.45. The van der Waals surface area contributed by atoms with Gasteiger partial charge in [0, 0.05) is 18.0 Å².